The van der Waals surface area contributed by atoms with E-state index < -0.39 is 0 Å². The molecule has 1 heterocycles. The van der Waals surface area contributed by atoms with Crippen LogP contribution in [0, 0.1) is 0 Å². The van der Waals surface area contributed by atoms with Crippen molar-refractivity contribution in [1.29, 1.82) is 0 Å². The second-order valence-corrected chi connectivity index (χ2v) is 4.56. The summed E-state index contributed by atoms with van der Waals surface area (Å²) in [6.45, 7) is 2.17. The fourth-order valence-electron chi connectivity index (χ4n) is 1.79. The largest absolute Gasteiger partial charge is 0.424 e. The zero-order valence-electron chi connectivity index (χ0n) is 11.9. The SMILES string of the molecule is CCCCc1ccc(Oc2nccc(/C(N)=N/O)n2)cc1. The summed E-state index contributed by atoms with van der Waals surface area (Å²) in [6, 6.07) is 9.50. The van der Waals surface area contributed by atoms with E-state index in [1.807, 2.05) is 24.3 Å². The summed E-state index contributed by atoms with van der Waals surface area (Å²) in [4.78, 5) is 8.06. The van der Waals surface area contributed by atoms with Crippen LogP contribution in [0.25, 0.3) is 0 Å². The number of benzene rings is 1. The highest BCUT2D eigenvalue weighted by atomic mass is 16.5. The van der Waals surface area contributed by atoms with E-state index >= 15 is 0 Å². The van der Waals surface area contributed by atoms with Gasteiger partial charge in [-0.2, -0.15) is 4.98 Å². The van der Waals surface area contributed by atoms with Crippen LogP contribution < -0.4 is 10.5 Å². The molecule has 3 N–H and O–H groups in total. The summed E-state index contributed by atoms with van der Waals surface area (Å²) in [6.07, 6.45) is 4.90. The van der Waals surface area contributed by atoms with Gasteiger partial charge in [-0.1, -0.05) is 30.6 Å². The van der Waals surface area contributed by atoms with Crippen LogP contribution in [0.5, 0.6) is 11.8 Å². The average molecular weight is 286 g/mol. The number of hydrogen-bond acceptors (Lipinski definition) is 5. The van der Waals surface area contributed by atoms with Crippen molar-refractivity contribution in [3.8, 4) is 11.8 Å². The molecule has 0 atom stereocenters. The summed E-state index contributed by atoms with van der Waals surface area (Å²) in [5.41, 5.74) is 7.06. The molecule has 21 heavy (non-hydrogen) atoms. The molecule has 1 aromatic heterocycles. The van der Waals surface area contributed by atoms with Gasteiger partial charge in [0.25, 0.3) is 0 Å². The van der Waals surface area contributed by atoms with Crippen molar-refractivity contribution in [1.82, 2.24) is 9.97 Å². The molecule has 6 heteroatoms. The van der Waals surface area contributed by atoms with E-state index in [1.165, 1.54) is 30.7 Å². The minimum absolute atomic E-state index is 0.0860. The summed E-state index contributed by atoms with van der Waals surface area (Å²) in [5.74, 6) is 0.559. The van der Waals surface area contributed by atoms with Crippen molar-refractivity contribution in [2.24, 2.45) is 10.9 Å². The van der Waals surface area contributed by atoms with E-state index in [9.17, 15) is 0 Å². The third-order valence-corrected chi connectivity index (χ3v) is 2.96. The maximum atomic E-state index is 8.63. The van der Waals surface area contributed by atoms with E-state index in [-0.39, 0.29) is 11.8 Å². The first-order valence-corrected chi connectivity index (χ1v) is 6.80. The van der Waals surface area contributed by atoms with Gasteiger partial charge in [-0.15, -0.1) is 0 Å². The second kappa shape index (κ2) is 7.23. The maximum absolute atomic E-state index is 8.63. The first kappa shape index (κ1) is 14.8. The minimum Gasteiger partial charge on any atom is -0.424 e. The van der Waals surface area contributed by atoms with Crippen LogP contribution in [-0.4, -0.2) is 21.0 Å². The van der Waals surface area contributed by atoms with Gasteiger partial charge < -0.3 is 15.7 Å². The lowest BCUT2D eigenvalue weighted by atomic mass is 10.1. The van der Waals surface area contributed by atoms with Gasteiger partial charge in [-0.05, 0) is 36.6 Å². The molecular weight excluding hydrogens is 268 g/mol. The molecule has 0 unspecified atom stereocenters. The van der Waals surface area contributed by atoms with Gasteiger partial charge in [0.1, 0.15) is 11.4 Å². The van der Waals surface area contributed by atoms with Crippen molar-refractivity contribution >= 4 is 5.84 Å². The molecule has 2 aromatic rings. The molecule has 0 radical (unpaired) electrons. The zero-order chi connectivity index (χ0) is 15.1. The van der Waals surface area contributed by atoms with Crippen molar-refractivity contribution in [2.75, 3.05) is 0 Å². The summed E-state index contributed by atoms with van der Waals surface area (Å²) in [5, 5.41) is 11.5. The molecular formula is C15H18N4O2. The summed E-state index contributed by atoms with van der Waals surface area (Å²) in [7, 11) is 0. The molecule has 0 fully saturated rings. The van der Waals surface area contributed by atoms with Gasteiger partial charge in [-0.3, -0.25) is 0 Å². The quantitative estimate of drug-likeness (QED) is 0.368. The van der Waals surface area contributed by atoms with Crippen molar-refractivity contribution < 1.29 is 9.94 Å². The molecule has 2 rings (SSSR count). The highest BCUT2D eigenvalue weighted by Crippen LogP contribution is 2.19. The van der Waals surface area contributed by atoms with Crippen LogP contribution in [0.4, 0.5) is 0 Å². The number of hydrogen-bond donors (Lipinski definition) is 2. The number of aryl methyl sites for hydroxylation is 1. The molecule has 0 aliphatic carbocycles. The van der Waals surface area contributed by atoms with Gasteiger partial charge in [0.05, 0.1) is 0 Å². The summed E-state index contributed by atoms with van der Waals surface area (Å²) >= 11 is 0. The normalized spacial score (nSPS) is 11.4. The Kier molecular flexibility index (Phi) is 5.09. The van der Waals surface area contributed by atoms with Crippen molar-refractivity contribution in [3.05, 3.63) is 47.8 Å². The number of unbranched alkanes of at least 4 members (excludes halogenated alkanes) is 1. The fraction of sp³-hybridized carbons (Fsp3) is 0.267. The maximum Gasteiger partial charge on any atom is 0.322 e. The van der Waals surface area contributed by atoms with E-state index in [0.717, 1.165) is 6.42 Å². The van der Waals surface area contributed by atoms with Gasteiger partial charge in [-0.25, -0.2) is 4.98 Å². The molecule has 0 amide bonds. The van der Waals surface area contributed by atoms with Crippen LogP contribution in [-0.2, 0) is 6.42 Å². The molecule has 0 saturated carbocycles. The third kappa shape index (κ3) is 4.17. The number of nitrogens with zero attached hydrogens (tertiary/aromatic N) is 3. The van der Waals surface area contributed by atoms with E-state index in [2.05, 4.69) is 22.0 Å². The Morgan fingerprint density at radius 3 is 2.71 bits per heavy atom. The predicted molar refractivity (Wildman–Crippen MR) is 79.7 cm³/mol. The topological polar surface area (TPSA) is 93.6 Å². The molecule has 1 aromatic carbocycles. The Morgan fingerprint density at radius 1 is 1.29 bits per heavy atom. The predicted octanol–water partition coefficient (Wildman–Crippen LogP) is 2.71. The molecule has 110 valence electrons. The standard InChI is InChI=1S/C15H18N4O2/c1-2-3-4-11-5-7-12(8-6-11)21-15-17-10-9-13(18-15)14(16)19-20/h5-10,20H,2-4H2,1H3,(H2,16,19). The lowest BCUT2D eigenvalue weighted by molar-refractivity contribution is 0.318. The smallest absolute Gasteiger partial charge is 0.322 e. The van der Waals surface area contributed by atoms with E-state index in [0.29, 0.717) is 11.4 Å². The molecule has 0 bridgehead atoms. The van der Waals surface area contributed by atoms with Gasteiger partial charge in [0.2, 0.25) is 0 Å². The van der Waals surface area contributed by atoms with E-state index in [4.69, 9.17) is 15.7 Å². The first-order chi connectivity index (χ1) is 10.2. The van der Waals surface area contributed by atoms with Crippen LogP contribution in [0.1, 0.15) is 31.0 Å². The average Bonchev–Trinajstić information content (AvgIpc) is 2.53. The minimum atomic E-state index is -0.0860. The number of nitrogens with two attached hydrogens (primary N) is 1. The number of oxime groups is 1. The van der Waals surface area contributed by atoms with Crippen LogP contribution in [0.2, 0.25) is 0 Å². The van der Waals surface area contributed by atoms with Crippen LogP contribution in [0.15, 0.2) is 41.7 Å². The van der Waals surface area contributed by atoms with Gasteiger partial charge in [0.15, 0.2) is 5.84 Å². The number of aromatic nitrogens is 2. The Hall–Kier alpha value is -2.63. The first-order valence-electron chi connectivity index (χ1n) is 6.80. The highest BCUT2D eigenvalue weighted by Gasteiger charge is 2.05. The Bertz CT molecular complexity index is 611. The lowest BCUT2D eigenvalue weighted by Gasteiger charge is -2.06. The van der Waals surface area contributed by atoms with E-state index in [1.54, 1.807) is 0 Å². The van der Waals surface area contributed by atoms with Gasteiger partial charge in [0, 0.05) is 6.20 Å². The molecule has 0 aliphatic rings. The second-order valence-electron chi connectivity index (χ2n) is 4.56. The Morgan fingerprint density at radius 2 is 2.05 bits per heavy atom. The van der Waals surface area contributed by atoms with Gasteiger partial charge >= 0.3 is 6.01 Å². The Labute approximate surface area is 123 Å². The third-order valence-electron chi connectivity index (χ3n) is 2.96. The molecule has 0 aliphatic heterocycles. The van der Waals surface area contributed by atoms with Crippen molar-refractivity contribution in [2.45, 2.75) is 26.2 Å². The monoisotopic (exact) mass is 286 g/mol. The fourth-order valence-corrected chi connectivity index (χ4v) is 1.79. The van der Waals surface area contributed by atoms with Crippen LogP contribution in [0.3, 0.4) is 0 Å². The Balaban J connectivity index is 2.07. The number of rotatable bonds is 6. The lowest BCUT2D eigenvalue weighted by Crippen LogP contribution is -2.15. The highest BCUT2D eigenvalue weighted by molar-refractivity contribution is 5.95. The zero-order valence-corrected chi connectivity index (χ0v) is 11.9. The molecule has 6 nitrogen and oxygen atoms in total. The van der Waals surface area contributed by atoms with Crippen LogP contribution >= 0.6 is 0 Å². The number of ether oxygens (including phenoxy) is 1. The molecule has 0 spiro atoms. The number of amidine groups is 1. The summed E-state index contributed by atoms with van der Waals surface area (Å²) < 4.78 is 5.56. The van der Waals surface area contributed by atoms with Crippen molar-refractivity contribution in [3.63, 3.8) is 0 Å². The molecule has 0 saturated heterocycles.